The Morgan fingerprint density at radius 3 is 2.00 bits per heavy atom. The van der Waals surface area contributed by atoms with Crippen LogP contribution >= 0.6 is 0 Å². The van der Waals surface area contributed by atoms with E-state index in [2.05, 4.69) is 20.8 Å². The lowest BCUT2D eigenvalue weighted by Gasteiger charge is -2.23. The molecule has 0 saturated carbocycles. The smallest absolute Gasteiger partial charge is 0.160 e. The molecular formula is C10H22O2. The minimum Gasteiger partial charge on any atom is -0.352 e. The van der Waals surface area contributed by atoms with E-state index in [1.54, 1.807) is 0 Å². The molecule has 0 saturated heterocycles. The lowest BCUT2D eigenvalue weighted by atomic mass is 10.2. The molecule has 0 aliphatic carbocycles. The summed E-state index contributed by atoms with van der Waals surface area (Å²) in [6.07, 6.45) is 1.25. The molecule has 0 aromatic carbocycles. The van der Waals surface area contributed by atoms with Crippen LogP contribution in [0.25, 0.3) is 0 Å². The van der Waals surface area contributed by atoms with Crippen molar-refractivity contribution in [2.75, 3.05) is 6.61 Å². The summed E-state index contributed by atoms with van der Waals surface area (Å²) in [5, 5.41) is 0. The van der Waals surface area contributed by atoms with Gasteiger partial charge in [0.25, 0.3) is 0 Å². The SMILES string of the molecule is CCCOC(OC(C)C)C(C)C. The highest BCUT2D eigenvalue weighted by atomic mass is 16.7. The Morgan fingerprint density at radius 2 is 1.67 bits per heavy atom. The molecule has 0 aromatic rings. The largest absolute Gasteiger partial charge is 0.352 e. The predicted molar refractivity (Wildman–Crippen MR) is 51.1 cm³/mol. The summed E-state index contributed by atoms with van der Waals surface area (Å²) < 4.78 is 11.1. The van der Waals surface area contributed by atoms with E-state index in [-0.39, 0.29) is 12.4 Å². The Bertz CT molecular complexity index is 100. The lowest BCUT2D eigenvalue weighted by molar-refractivity contribution is -0.184. The van der Waals surface area contributed by atoms with Gasteiger partial charge in [0, 0.05) is 12.5 Å². The number of rotatable bonds is 6. The number of hydrogen-bond donors (Lipinski definition) is 0. The van der Waals surface area contributed by atoms with E-state index >= 15 is 0 Å². The maximum Gasteiger partial charge on any atom is 0.160 e. The molecule has 74 valence electrons. The quantitative estimate of drug-likeness (QED) is 0.576. The number of ether oxygens (including phenoxy) is 2. The monoisotopic (exact) mass is 174 g/mol. The van der Waals surface area contributed by atoms with Crippen molar-refractivity contribution in [2.45, 2.75) is 53.4 Å². The molecule has 0 radical (unpaired) electrons. The van der Waals surface area contributed by atoms with Gasteiger partial charge >= 0.3 is 0 Å². The molecule has 0 N–H and O–H groups in total. The van der Waals surface area contributed by atoms with E-state index in [0.717, 1.165) is 13.0 Å². The molecule has 0 aliphatic heterocycles. The molecule has 1 atom stereocenters. The molecule has 0 spiro atoms. The summed E-state index contributed by atoms with van der Waals surface area (Å²) in [5.41, 5.74) is 0. The standard InChI is InChI=1S/C10H22O2/c1-6-7-11-10(8(2)3)12-9(4)5/h8-10H,6-7H2,1-5H3. The van der Waals surface area contributed by atoms with Gasteiger partial charge in [0.15, 0.2) is 6.29 Å². The van der Waals surface area contributed by atoms with Crippen molar-refractivity contribution in [1.29, 1.82) is 0 Å². The van der Waals surface area contributed by atoms with Crippen LogP contribution in [0.15, 0.2) is 0 Å². The summed E-state index contributed by atoms with van der Waals surface area (Å²) in [6, 6.07) is 0. The lowest BCUT2D eigenvalue weighted by Crippen LogP contribution is -2.26. The highest BCUT2D eigenvalue weighted by Gasteiger charge is 2.14. The molecule has 1 unspecified atom stereocenters. The highest BCUT2D eigenvalue weighted by Crippen LogP contribution is 2.10. The molecule has 0 aromatic heterocycles. The van der Waals surface area contributed by atoms with E-state index in [1.165, 1.54) is 0 Å². The molecular weight excluding hydrogens is 152 g/mol. The Labute approximate surface area is 76.3 Å². The molecule has 2 heteroatoms. The van der Waals surface area contributed by atoms with E-state index in [0.29, 0.717) is 5.92 Å². The van der Waals surface area contributed by atoms with Gasteiger partial charge in [-0.2, -0.15) is 0 Å². The predicted octanol–water partition coefficient (Wildman–Crippen LogP) is 2.82. The van der Waals surface area contributed by atoms with Crippen LogP contribution in [0.1, 0.15) is 41.0 Å². The van der Waals surface area contributed by atoms with Crippen LogP contribution in [0.3, 0.4) is 0 Å². The van der Waals surface area contributed by atoms with Gasteiger partial charge in [-0.3, -0.25) is 0 Å². The first-order valence-corrected chi connectivity index (χ1v) is 4.85. The van der Waals surface area contributed by atoms with Crippen LogP contribution in [0.4, 0.5) is 0 Å². The van der Waals surface area contributed by atoms with E-state index in [4.69, 9.17) is 9.47 Å². The number of hydrogen-bond acceptors (Lipinski definition) is 2. The Balaban J connectivity index is 3.70. The average molecular weight is 174 g/mol. The molecule has 0 amide bonds. The van der Waals surface area contributed by atoms with Gasteiger partial charge in [0.05, 0.1) is 6.10 Å². The Hall–Kier alpha value is -0.0800. The fourth-order valence-electron chi connectivity index (χ4n) is 0.891. The first-order chi connectivity index (χ1) is 5.57. The molecule has 0 aliphatic rings. The fraction of sp³-hybridized carbons (Fsp3) is 1.00. The van der Waals surface area contributed by atoms with Gasteiger partial charge in [-0.05, 0) is 20.3 Å². The van der Waals surface area contributed by atoms with Crippen LogP contribution in [0.2, 0.25) is 0 Å². The van der Waals surface area contributed by atoms with Crippen molar-refractivity contribution >= 4 is 0 Å². The van der Waals surface area contributed by atoms with Gasteiger partial charge in [-0.1, -0.05) is 20.8 Å². The van der Waals surface area contributed by atoms with E-state index in [9.17, 15) is 0 Å². The van der Waals surface area contributed by atoms with E-state index in [1.807, 2.05) is 13.8 Å². The third-order valence-electron chi connectivity index (χ3n) is 1.44. The Kier molecular flexibility index (Phi) is 6.39. The molecule has 0 rings (SSSR count). The van der Waals surface area contributed by atoms with Crippen molar-refractivity contribution in [1.82, 2.24) is 0 Å². The van der Waals surface area contributed by atoms with Crippen LogP contribution in [-0.2, 0) is 9.47 Å². The van der Waals surface area contributed by atoms with Gasteiger partial charge in [0.2, 0.25) is 0 Å². The van der Waals surface area contributed by atoms with Crippen LogP contribution in [0, 0.1) is 5.92 Å². The minimum absolute atomic E-state index is 0.0371. The van der Waals surface area contributed by atoms with Crippen molar-refractivity contribution in [3.63, 3.8) is 0 Å². The highest BCUT2D eigenvalue weighted by molar-refractivity contribution is 4.52. The van der Waals surface area contributed by atoms with Crippen LogP contribution in [0.5, 0.6) is 0 Å². The maximum absolute atomic E-state index is 5.59. The summed E-state index contributed by atoms with van der Waals surface area (Å²) in [4.78, 5) is 0. The zero-order chi connectivity index (χ0) is 9.56. The van der Waals surface area contributed by atoms with Crippen LogP contribution in [-0.4, -0.2) is 19.0 Å². The summed E-state index contributed by atoms with van der Waals surface area (Å²) in [7, 11) is 0. The van der Waals surface area contributed by atoms with Crippen molar-refractivity contribution in [2.24, 2.45) is 5.92 Å². The van der Waals surface area contributed by atoms with Crippen molar-refractivity contribution in [3.05, 3.63) is 0 Å². The third-order valence-corrected chi connectivity index (χ3v) is 1.44. The second-order valence-electron chi connectivity index (χ2n) is 3.67. The Morgan fingerprint density at radius 1 is 1.08 bits per heavy atom. The zero-order valence-corrected chi connectivity index (χ0v) is 8.96. The van der Waals surface area contributed by atoms with Gasteiger partial charge in [0.1, 0.15) is 0 Å². The van der Waals surface area contributed by atoms with Gasteiger partial charge in [-0.25, -0.2) is 0 Å². The minimum atomic E-state index is -0.0371. The summed E-state index contributed by atoms with van der Waals surface area (Å²) in [5.74, 6) is 0.430. The van der Waals surface area contributed by atoms with Crippen LogP contribution < -0.4 is 0 Å². The van der Waals surface area contributed by atoms with E-state index < -0.39 is 0 Å². The molecule has 0 heterocycles. The molecule has 0 bridgehead atoms. The first kappa shape index (κ1) is 11.9. The first-order valence-electron chi connectivity index (χ1n) is 4.85. The summed E-state index contributed by atoms with van der Waals surface area (Å²) in [6.45, 7) is 11.2. The van der Waals surface area contributed by atoms with Gasteiger partial charge in [-0.15, -0.1) is 0 Å². The zero-order valence-electron chi connectivity index (χ0n) is 8.96. The normalized spacial score (nSPS) is 14.2. The second-order valence-corrected chi connectivity index (χ2v) is 3.67. The van der Waals surface area contributed by atoms with Crippen molar-refractivity contribution in [3.8, 4) is 0 Å². The molecule has 2 nitrogen and oxygen atoms in total. The fourth-order valence-corrected chi connectivity index (χ4v) is 0.891. The molecule has 0 fully saturated rings. The average Bonchev–Trinajstić information content (AvgIpc) is 1.96. The molecule has 12 heavy (non-hydrogen) atoms. The second kappa shape index (κ2) is 6.44. The summed E-state index contributed by atoms with van der Waals surface area (Å²) >= 11 is 0. The van der Waals surface area contributed by atoms with Crippen molar-refractivity contribution < 1.29 is 9.47 Å². The topological polar surface area (TPSA) is 18.5 Å². The van der Waals surface area contributed by atoms with Gasteiger partial charge < -0.3 is 9.47 Å². The maximum atomic E-state index is 5.59. The third kappa shape index (κ3) is 5.56.